The van der Waals surface area contributed by atoms with Crippen molar-refractivity contribution in [1.82, 2.24) is 5.32 Å². The number of rotatable bonds is 7. The fourth-order valence-corrected chi connectivity index (χ4v) is 6.41. The largest absolute Gasteiger partial charge is 0.497 e. The van der Waals surface area contributed by atoms with E-state index < -0.39 is 16.1 Å². The Morgan fingerprint density at radius 2 is 1.68 bits per heavy atom. The van der Waals surface area contributed by atoms with Crippen LogP contribution in [0.2, 0.25) is 0 Å². The molecule has 1 fully saturated rings. The fraction of sp³-hybridized carbons (Fsp3) is 0.321. The zero-order valence-corrected chi connectivity index (χ0v) is 21.4. The summed E-state index contributed by atoms with van der Waals surface area (Å²) in [6.45, 7) is 1.50. The lowest BCUT2D eigenvalue weighted by molar-refractivity contribution is -0.128. The molecule has 9 heteroatoms. The maximum Gasteiger partial charge on any atom is 0.264 e. The van der Waals surface area contributed by atoms with Crippen molar-refractivity contribution < 1.29 is 27.4 Å². The molecule has 3 aromatic carbocycles. The number of amides is 1. The van der Waals surface area contributed by atoms with Crippen LogP contribution in [0.5, 0.6) is 11.5 Å². The van der Waals surface area contributed by atoms with Gasteiger partial charge in [-0.15, -0.1) is 0 Å². The molecule has 0 bridgehead atoms. The smallest absolute Gasteiger partial charge is 0.264 e. The van der Waals surface area contributed by atoms with E-state index in [1.54, 1.807) is 36.4 Å². The van der Waals surface area contributed by atoms with Crippen LogP contribution in [0.15, 0.2) is 83.8 Å². The van der Waals surface area contributed by atoms with Crippen LogP contribution in [0, 0.1) is 0 Å². The molecule has 3 aromatic rings. The third-order valence-electron chi connectivity index (χ3n) is 7.11. The van der Waals surface area contributed by atoms with Crippen molar-refractivity contribution in [2.45, 2.75) is 29.3 Å². The van der Waals surface area contributed by atoms with Crippen molar-refractivity contribution in [1.29, 1.82) is 0 Å². The lowest BCUT2D eigenvalue weighted by atomic mass is 9.74. The fourth-order valence-electron chi connectivity index (χ4n) is 4.93. The normalized spacial score (nSPS) is 18.8. The van der Waals surface area contributed by atoms with Gasteiger partial charge in [-0.2, -0.15) is 0 Å². The summed E-state index contributed by atoms with van der Waals surface area (Å²) in [5, 5.41) is 3.06. The highest BCUT2D eigenvalue weighted by atomic mass is 32.2. The SMILES string of the molecule is COc1ccc(S(=O)(=O)N2C[C@@H](C(=O)NCC3(c4ccccc4)CCOCC3)Oc3ccccc32)cc1. The van der Waals surface area contributed by atoms with Gasteiger partial charge in [-0.25, -0.2) is 8.42 Å². The predicted molar refractivity (Wildman–Crippen MR) is 140 cm³/mol. The molecule has 0 aromatic heterocycles. The predicted octanol–water partition coefficient (Wildman–Crippen LogP) is 3.52. The van der Waals surface area contributed by atoms with Gasteiger partial charge in [-0.3, -0.25) is 9.10 Å². The molecular formula is C28H30N2O6S. The molecular weight excluding hydrogens is 492 g/mol. The van der Waals surface area contributed by atoms with Crippen molar-refractivity contribution in [3.05, 3.63) is 84.4 Å². The number of ether oxygens (including phenoxy) is 3. The van der Waals surface area contributed by atoms with E-state index in [9.17, 15) is 13.2 Å². The van der Waals surface area contributed by atoms with Gasteiger partial charge in [-0.1, -0.05) is 42.5 Å². The highest BCUT2D eigenvalue weighted by molar-refractivity contribution is 7.92. The summed E-state index contributed by atoms with van der Waals surface area (Å²) in [6, 6.07) is 23.2. The first-order valence-electron chi connectivity index (χ1n) is 12.3. The van der Waals surface area contributed by atoms with Gasteiger partial charge >= 0.3 is 0 Å². The minimum atomic E-state index is -3.96. The number of hydrogen-bond acceptors (Lipinski definition) is 6. The van der Waals surface area contributed by atoms with E-state index in [-0.39, 0.29) is 22.8 Å². The monoisotopic (exact) mass is 522 g/mol. The van der Waals surface area contributed by atoms with Crippen LogP contribution in [0.25, 0.3) is 0 Å². The van der Waals surface area contributed by atoms with E-state index in [0.717, 1.165) is 18.4 Å². The minimum absolute atomic E-state index is 0.106. The van der Waals surface area contributed by atoms with Gasteiger partial charge in [0.25, 0.3) is 15.9 Å². The van der Waals surface area contributed by atoms with Crippen molar-refractivity contribution in [3.8, 4) is 11.5 Å². The average Bonchev–Trinajstić information content (AvgIpc) is 2.96. The van der Waals surface area contributed by atoms with E-state index in [0.29, 0.717) is 36.9 Å². The van der Waals surface area contributed by atoms with Gasteiger partial charge in [0.05, 0.1) is 24.2 Å². The summed E-state index contributed by atoms with van der Waals surface area (Å²) in [5.74, 6) is 0.542. The molecule has 0 aliphatic carbocycles. The van der Waals surface area contributed by atoms with E-state index in [1.165, 1.54) is 23.5 Å². The molecule has 0 spiro atoms. The number of carbonyl (C=O) groups excluding carboxylic acids is 1. The van der Waals surface area contributed by atoms with Gasteiger partial charge in [0.1, 0.15) is 11.5 Å². The van der Waals surface area contributed by atoms with Gasteiger partial charge < -0.3 is 19.5 Å². The second-order valence-electron chi connectivity index (χ2n) is 9.26. The quantitative estimate of drug-likeness (QED) is 0.510. The molecule has 194 valence electrons. The molecule has 1 atom stereocenters. The number of sulfonamides is 1. The lowest BCUT2D eigenvalue weighted by Gasteiger charge is -2.39. The van der Waals surface area contributed by atoms with Crippen molar-refractivity contribution in [3.63, 3.8) is 0 Å². The number of nitrogens with zero attached hydrogens (tertiary/aromatic N) is 1. The Kier molecular flexibility index (Phi) is 7.08. The van der Waals surface area contributed by atoms with Crippen LogP contribution >= 0.6 is 0 Å². The average molecular weight is 523 g/mol. The molecule has 1 saturated heterocycles. The van der Waals surface area contributed by atoms with Crippen molar-refractivity contribution in [2.24, 2.45) is 0 Å². The second-order valence-corrected chi connectivity index (χ2v) is 11.1. The summed E-state index contributed by atoms with van der Waals surface area (Å²) in [4.78, 5) is 13.5. The Bertz CT molecular complexity index is 1340. The highest BCUT2D eigenvalue weighted by Crippen LogP contribution is 2.38. The van der Waals surface area contributed by atoms with E-state index in [2.05, 4.69) is 17.4 Å². The van der Waals surface area contributed by atoms with Gasteiger partial charge in [-0.05, 0) is 54.8 Å². The van der Waals surface area contributed by atoms with E-state index in [1.807, 2.05) is 18.2 Å². The number of methoxy groups -OCH3 is 1. The Balaban J connectivity index is 1.39. The van der Waals surface area contributed by atoms with E-state index in [4.69, 9.17) is 14.2 Å². The van der Waals surface area contributed by atoms with Crippen LogP contribution in [0.4, 0.5) is 5.69 Å². The first-order valence-corrected chi connectivity index (χ1v) is 13.7. The Morgan fingerprint density at radius 3 is 2.38 bits per heavy atom. The maximum absolute atomic E-state index is 13.6. The highest BCUT2D eigenvalue weighted by Gasteiger charge is 2.39. The first-order chi connectivity index (χ1) is 17.9. The van der Waals surface area contributed by atoms with Crippen LogP contribution < -0.4 is 19.1 Å². The van der Waals surface area contributed by atoms with Crippen LogP contribution in [-0.2, 0) is 25.0 Å². The van der Waals surface area contributed by atoms with Crippen molar-refractivity contribution in [2.75, 3.05) is 37.7 Å². The molecule has 1 amide bonds. The second kappa shape index (κ2) is 10.4. The van der Waals surface area contributed by atoms with Gasteiger partial charge in [0, 0.05) is 25.2 Å². The summed E-state index contributed by atoms with van der Waals surface area (Å²) in [7, 11) is -2.44. The molecule has 37 heavy (non-hydrogen) atoms. The van der Waals surface area contributed by atoms with Gasteiger partial charge in [0.2, 0.25) is 0 Å². The summed E-state index contributed by atoms with van der Waals surface area (Å²) >= 11 is 0. The molecule has 1 N–H and O–H groups in total. The molecule has 2 aliphatic rings. The topological polar surface area (TPSA) is 94.2 Å². The summed E-state index contributed by atoms with van der Waals surface area (Å²) in [6.07, 6.45) is 0.559. The third-order valence-corrected chi connectivity index (χ3v) is 8.91. The Morgan fingerprint density at radius 1 is 1.00 bits per heavy atom. The number of carbonyl (C=O) groups is 1. The number of fused-ring (bicyclic) bond motifs is 1. The zero-order chi connectivity index (χ0) is 25.9. The molecule has 0 unspecified atom stereocenters. The van der Waals surface area contributed by atoms with E-state index >= 15 is 0 Å². The number of hydrogen-bond donors (Lipinski definition) is 1. The van der Waals surface area contributed by atoms with Crippen LogP contribution in [0.1, 0.15) is 18.4 Å². The number of para-hydroxylation sites is 2. The Hall–Kier alpha value is -3.56. The standard InChI is InChI=1S/C28H30N2O6S/c1-34-22-11-13-23(14-12-22)37(32,33)30-19-26(36-25-10-6-5-9-24(25)30)27(31)29-20-28(15-17-35-18-16-28)21-7-3-2-4-8-21/h2-14,26H,15-20H2,1H3,(H,29,31)/t26-/m0/s1. The minimum Gasteiger partial charge on any atom is -0.497 e. The third kappa shape index (κ3) is 5.01. The number of nitrogens with one attached hydrogen (secondary N) is 1. The molecule has 2 heterocycles. The molecule has 0 radical (unpaired) electrons. The van der Waals surface area contributed by atoms with Crippen LogP contribution in [0.3, 0.4) is 0 Å². The van der Waals surface area contributed by atoms with Crippen LogP contribution in [-0.4, -0.2) is 53.8 Å². The maximum atomic E-state index is 13.6. The molecule has 5 rings (SSSR count). The molecule has 8 nitrogen and oxygen atoms in total. The number of benzene rings is 3. The Labute approximate surface area is 217 Å². The number of anilines is 1. The van der Waals surface area contributed by atoms with Gasteiger partial charge in [0.15, 0.2) is 6.10 Å². The molecule has 2 aliphatic heterocycles. The summed E-state index contributed by atoms with van der Waals surface area (Å²) in [5.41, 5.74) is 1.29. The summed E-state index contributed by atoms with van der Waals surface area (Å²) < 4.78 is 45.3. The first kappa shape index (κ1) is 25.1. The zero-order valence-electron chi connectivity index (χ0n) is 20.6. The molecule has 0 saturated carbocycles. The lowest BCUT2D eigenvalue weighted by Crippen LogP contribution is -2.53. The van der Waals surface area contributed by atoms with Crippen molar-refractivity contribution >= 4 is 21.6 Å².